The molecule has 0 saturated heterocycles. The molecule has 0 unspecified atom stereocenters. The van der Waals surface area contributed by atoms with Gasteiger partial charge in [-0.25, -0.2) is 4.98 Å². The molecule has 0 aliphatic heterocycles. The number of pyridine rings is 2. The van der Waals surface area contributed by atoms with Crippen molar-refractivity contribution in [3.05, 3.63) is 63.0 Å². The van der Waals surface area contributed by atoms with Gasteiger partial charge < -0.3 is 0 Å². The van der Waals surface area contributed by atoms with E-state index in [1.807, 2.05) is 24.3 Å². The van der Waals surface area contributed by atoms with Gasteiger partial charge in [-0.05, 0) is 23.8 Å². The van der Waals surface area contributed by atoms with E-state index in [0.717, 1.165) is 16.5 Å². The van der Waals surface area contributed by atoms with Crippen LogP contribution in [0.25, 0.3) is 22.2 Å². The molecule has 2 aromatic heterocycles. The normalized spacial score (nSPS) is 10.9. The van der Waals surface area contributed by atoms with Gasteiger partial charge in [-0.1, -0.05) is 35.3 Å². The Labute approximate surface area is 125 Å². The molecule has 0 fully saturated rings. The minimum absolute atomic E-state index is 0.137. The first kappa shape index (κ1) is 13.2. The number of fused-ring (bicyclic) bond motifs is 1. The average Bonchev–Trinajstić information content (AvgIpc) is 2.46. The quantitative estimate of drug-likeness (QED) is 0.683. The maximum absolute atomic E-state index is 12.1. The molecule has 0 aliphatic carbocycles. The Balaban J connectivity index is 2.46. The average molecular weight is 305 g/mol. The second-order valence-corrected chi connectivity index (χ2v) is 5.22. The number of rotatable bonds is 1. The molecule has 0 amide bonds. The van der Waals surface area contributed by atoms with Crippen molar-refractivity contribution in [2.75, 3.05) is 0 Å². The molecule has 0 spiro atoms. The molecule has 0 N–H and O–H groups in total. The summed E-state index contributed by atoms with van der Waals surface area (Å²) >= 11 is 12.3. The summed E-state index contributed by atoms with van der Waals surface area (Å²) in [5.74, 6) is 0. The number of halogens is 2. The van der Waals surface area contributed by atoms with Crippen LogP contribution in [0.1, 0.15) is 0 Å². The van der Waals surface area contributed by atoms with Crippen LogP contribution in [0.2, 0.25) is 10.0 Å². The van der Waals surface area contributed by atoms with Crippen molar-refractivity contribution in [1.82, 2.24) is 9.55 Å². The third-order valence-corrected chi connectivity index (χ3v) is 4.05. The monoisotopic (exact) mass is 304 g/mol. The third kappa shape index (κ3) is 1.99. The van der Waals surface area contributed by atoms with Crippen LogP contribution in [0.15, 0.2) is 47.4 Å². The molecule has 3 nitrogen and oxygen atoms in total. The molecule has 3 aromatic rings. The van der Waals surface area contributed by atoms with E-state index in [2.05, 4.69) is 4.98 Å². The third-order valence-electron chi connectivity index (χ3n) is 3.23. The van der Waals surface area contributed by atoms with E-state index in [1.165, 1.54) is 4.57 Å². The predicted octanol–water partition coefficient (Wildman–Crippen LogP) is 3.91. The molecule has 1 aromatic carbocycles. The van der Waals surface area contributed by atoms with Crippen LogP contribution in [0, 0.1) is 0 Å². The summed E-state index contributed by atoms with van der Waals surface area (Å²) in [6, 6.07) is 10.7. The summed E-state index contributed by atoms with van der Waals surface area (Å²) < 4.78 is 1.51. The van der Waals surface area contributed by atoms with Gasteiger partial charge in [0.2, 0.25) is 0 Å². The van der Waals surface area contributed by atoms with Crippen LogP contribution in [0.5, 0.6) is 0 Å². The first-order chi connectivity index (χ1) is 9.59. The molecular weight excluding hydrogens is 295 g/mol. The first-order valence-electron chi connectivity index (χ1n) is 5.99. The van der Waals surface area contributed by atoms with Crippen LogP contribution < -0.4 is 5.56 Å². The predicted molar refractivity (Wildman–Crippen MR) is 82.4 cm³/mol. The van der Waals surface area contributed by atoms with Gasteiger partial charge in [0.05, 0.1) is 10.0 Å². The maximum atomic E-state index is 12.1. The Bertz CT molecular complexity index is 871. The molecule has 0 aliphatic rings. The Morgan fingerprint density at radius 3 is 2.70 bits per heavy atom. The fourth-order valence-corrected chi connectivity index (χ4v) is 2.61. The van der Waals surface area contributed by atoms with Crippen molar-refractivity contribution in [2.45, 2.75) is 0 Å². The maximum Gasteiger partial charge on any atom is 0.252 e. The number of aromatic nitrogens is 2. The van der Waals surface area contributed by atoms with Crippen LogP contribution in [-0.2, 0) is 7.05 Å². The molecule has 0 bridgehead atoms. The minimum Gasteiger partial charge on any atom is -0.296 e. The zero-order chi connectivity index (χ0) is 14.3. The zero-order valence-corrected chi connectivity index (χ0v) is 12.1. The molecule has 3 rings (SSSR count). The SMILES string of the molecule is Cn1c(=O)cc(-c2cccc(Cl)c2Cl)c2cccnc21. The van der Waals surface area contributed by atoms with Gasteiger partial charge in [0.1, 0.15) is 5.65 Å². The molecular formula is C15H10Cl2N2O. The van der Waals surface area contributed by atoms with Crippen molar-refractivity contribution >= 4 is 34.2 Å². The zero-order valence-electron chi connectivity index (χ0n) is 10.6. The summed E-state index contributed by atoms with van der Waals surface area (Å²) in [6.07, 6.45) is 1.66. The van der Waals surface area contributed by atoms with Crippen LogP contribution in [-0.4, -0.2) is 9.55 Å². The molecule has 2 heterocycles. The fourth-order valence-electron chi connectivity index (χ4n) is 2.21. The van der Waals surface area contributed by atoms with Crippen molar-refractivity contribution < 1.29 is 0 Å². The topological polar surface area (TPSA) is 34.9 Å². The lowest BCUT2D eigenvalue weighted by Gasteiger charge is -2.11. The van der Waals surface area contributed by atoms with Crippen LogP contribution in [0.3, 0.4) is 0 Å². The van der Waals surface area contributed by atoms with Crippen molar-refractivity contribution in [2.24, 2.45) is 7.05 Å². The lowest BCUT2D eigenvalue weighted by molar-refractivity contribution is 0.888. The van der Waals surface area contributed by atoms with Crippen molar-refractivity contribution in [3.63, 3.8) is 0 Å². The molecule has 0 atom stereocenters. The molecule has 5 heteroatoms. The Kier molecular flexibility index (Phi) is 3.24. The van der Waals surface area contributed by atoms with E-state index in [4.69, 9.17) is 23.2 Å². The molecule has 0 saturated carbocycles. The second-order valence-electron chi connectivity index (χ2n) is 4.43. The largest absolute Gasteiger partial charge is 0.296 e. The molecule has 20 heavy (non-hydrogen) atoms. The summed E-state index contributed by atoms with van der Waals surface area (Å²) in [5, 5.41) is 1.76. The summed E-state index contributed by atoms with van der Waals surface area (Å²) in [7, 11) is 1.70. The van der Waals surface area contributed by atoms with Crippen molar-refractivity contribution in [1.29, 1.82) is 0 Å². The number of nitrogens with zero attached hydrogens (tertiary/aromatic N) is 2. The second kappa shape index (κ2) is 4.93. The van der Waals surface area contributed by atoms with E-state index >= 15 is 0 Å². The highest BCUT2D eigenvalue weighted by molar-refractivity contribution is 6.43. The molecule has 0 radical (unpaired) electrons. The smallest absolute Gasteiger partial charge is 0.252 e. The summed E-state index contributed by atoms with van der Waals surface area (Å²) in [5.41, 5.74) is 1.95. The van der Waals surface area contributed by atoms with E-state index in [1.54, 1.807) is 25.4 Å². The lowest BCUT2D eigenvalue weighted by Crippen LogP contribution is -2.17. The van der Waals surface area contributed by atoms with Crippen LogP contribution >= 0.6 is 23.2 Å². The Morgan fingerprint density at radius 2 is 1.90 bits per heavy atom. The Hall–Kier alpha value is -1.84. The molecule has 100 valence electrons. The highest BCUT2D eigenvalue weighted by Gasteiger charge is 2.13. The van der Waals surface area contributed by atoms with E-state index in [0.29, 0.717) is 15.7 Å². The van der Waals surface area contributed by atoms with Gasteiger partial charge in [-0.15, -0.1) is 0 Å². The van der Waals surface area contributed by atoms with E-state index in [-0.39, 0.29) is 5.56 Å². The standard InChI is InChI=1S/C15H10Cl2N2O/c1-19-13(20)8-11(10-5-3-7-18-15(10)19)9-4-2-6-12(16)14(9)17/h2-8H,1H3. The Morgan fingerprint density at radius 1 is 1.10 bits per heavy atom. The van der Waals surface area contributed by atoms with Crippen molar-refractivity contribution in [3.8, 4) is 11.1 Å². The summed E-state index contributed by atoms with van der Waals surface area (Å²) in [4.78, 5) is 16.3. The van der Waals surface area contributed by atoms with E-state index in [9.17, 15) is 4.79 Å². The van der Waals surface area contributed by atoms with Gasteiger partial charge in [-0.3, -0.25) is 9.36 Å². The van der Waals surface area contributed by atoms with Crippen LogP contribution in [0.4, 0.5) is 0 Å². The van der Waals surface area contributed by atoms with Gasteiger partial charge in [0.15, 0.2) is 0 Å². The lowest BCUT2D eigenvalue weighted by atomic mass is 10.0. The van der Waals surface area contributed by atoms with E-state index < -0.39 is 0 Å². The highest BCUT2D eigenvalue weighted by atomic mass is 35.5. The number of hydrogen-bond donors (Lipinski definition) is 0. The first-order valence-corrected chi connectivity index (χ1v) is 6.74. The van der Waals surface area contributed by atoms with Gasteiger partial charge >= 0.3 is 0 Å². The van der Waals surface area contributed by atoms with Gasteiger partial charge in [-0.2, -0.15) is 0 Å². The number of benzene rings is 1. The summed E-state index contributed by atoms with van der Waals surface area (Å²) in [6.45, 7) is 0. The number of hydrogen-bond acceptors (Lipinski definition) is 2. The van der Waals surface area contributed by atoms with Gasteiger partial charge in [0.25, 0.3) is 5.56 Å². The highest BCUT2D eigenvalue weighted by Crippen LogP contribution is 2.35. The number of aryl methyl sites for hydroxylation is 1. The van der Waals surface area contributed by atoms with Gasteiger partial charge in [0, 0.05) is 30.3 Å². The minimum atomic E-state index is -0.137. The fraction of sp³-hybridized carbons (Fsp3) is 0.0667.